The lowest BCUT2D eigenvalue weighted by atomic mass is 10.2. The summed E-state index contributed by atoms with van der Waals surface area (Å²) >= 11 is 1.61. The summed E-state index contributed by atoms with van der Waals surface area (Å²) in [5, 5.41) is 3.99. The van der Waals surface area contributed by atoms with Crippen molar-refractivity contribution in [3.8, 4) is 11.8 Å². The van der Waals surface area contributed by atoms with Crippen molar-refractivity contribution in [3.05, 3.63) is 34.8 Å². The number of ether oxygens (including phenoxy) is 2. The summed E-state index contributed by atoms with van der Waals surface area (Å²) in [5.74, 6) is 0.985. The van der Waals surface area contributed by atoms with E-state index in [4.69, 9.17) is 9.47 Å². The molecule has 2 aromatic heterocycles. The minimum Gasteiger partial charge on any atom is -0.480 e. The molecular weight excluding hydrogens is 302 g/mol. The van der Waals surface area contributed by atoms with Gasteiger partial charge in [0.25, 0.3) is 0 Å². The molecule has 1 aliphatic rings. The third-order valence-corrected chi connectivity index (χ3v) is 4.25. The second-order valence-electron chi connectivity index (χ2n) is 5.08. The molecule has 0 aliphatic carbocycles. The van der Waals surface area contributed by atoms with Gasteiger partial charge in [0, 0.05) is 13.0 Å². The van der Waals surface area contributed by atoms with Gasteiger partial charge in [-0.15, -0.1) is 0 Å². The second kappa shape index (κ2) is 6.74. The van der Waals surface area contributed by atoms with Gasteiger partial charge in [-0.2, -0.15) is 16.3 Å². The molecule has 22 heavy (non-hydrogen) atoms. The van der Waals surface area contributed by atoms with Crippen molar-refractivity contribution in [1.29, 1.82) is 0 Å². The van der Waals surface area contributed by atoms with Gasteiger partial charge in [0.1, 0.15) is 6.10 Å². The summed E-state index contributed by atoms with van der Waals surface area (Å²) in [5.41, 5.74) is 1.07. The lowest BCUT2D eigenvalue weighted by Crippen LogP contribution is -2.32. The van der Waals surface area contributed by atoms with Crippen LogP contribution in [0.3, 0.4) is 0 Å². The van der Waals surface area contributed by atoms with Gasteiger partial charge in [-0.05, 0) is 22.4 Å². The molecule has 1 amide bonds. The Labute approximate surface area is 132 Å². The number of nitrogens with zero attached hydrogens (tertiary/aromatic N) is 3. The highest BCUT2D eigenvalue weighted by atomic mass is 32.1. The Morgan fingerprint density at radius 1 is 1.45 bits per heavy atom. The predicted octanol–water partition coefficient (Wildman–Crippen LogP) is 1.77. The van der Waals surface area contributed by atoms with Crippen molar-refractivity contribution in [1.82, 2.24) is 14.9 Å². The standard InChI is InChI=1S/C15H17N3O3S/c1-20-13-7-16-8-14(17-13)21-12-2-4-18(9-12)15(19)6-11-3-5-22-10-11/h3,5,7-8,10,12H,2,4,6,9H2,1H3. The molecule has 116 valence electrons. The third-order valence-electron chi connectivity index (χ3n) is 3.52. The average Bonchev–Trinajstić information content (AvgIpc) is 3.19. The molecule has 3 rings (SSSR count). The number of carbonyl (C=O) groups excluding carboxylic acids is 1. The fourth-order valence-electron chi connectivity index (χ4n) is 2.39. The van der Waals surface area contributed by atoms with Crippen LogP contribution in [0.15, 0.2) is 29.2 Å². The number of rotatable bonds is 5. The minimum atomic E-state index is -0.0483. The van der Waals surface area contributed by atoms with Crippen LogP contribution in [-0.4, -0.2) is 47.1 Å². The zero-order valence-corrected chi connectivity index (χ0v) is 13.1. The van der Waals surface area contributed by atoms with E-state index in [0.717, 1.165) is 12.0 Å². The van der Waals surface area contributed by atoms with Crippen LogP contribution in [0.4, 0.5) is 0 Å². The Morgan fingerprint density at radius 3 is 3.09 bits per heavy atom. The van der Waals surface area contributed by atoms with Crippen LogP contribution in [-0.2, 0) is 11.2 Å². The first-order valence-electron chi connectivity index (χ1n) is 7.06. The van der Waals surface area contributed by atoms with E-state index in [0.29, 0.717) is 31.3 Å². The van der Waals surface area contributed by atoms with Crippen molar-refractivity contribution in [3.63, 3.8) is 0 Å². The SMILES string of the molecule is COc1cncc(OC2CCN(C(=O)Cc3ccsc3)C2)n1. The normalized spacial score (nSPS) is 17.5. The molecule has 0 bridgehead atoms. The highest BCUT2D eigenvalue weighted by Gasteiger charge is 2.28. The number of methoxy groups -OCH3 is 1. The smallest absolute Gasteiger partial charge is 0.235 e. The second-order valence-corrected chi connectivity index (χ2v) is 5.86. The van der Waals surface area contributed by atoms with Gasteiger partial charge in [0.05, 0.1) is 32.5 Å². The predicted molar refractivity (Wildman–Crippen MR) is 82.2 cm³/mol. The van der Waals surface area contributed by atoms with Crippen molar-refractivity contribution < 1.29 is 14.3 Å². The number of aromatic nitrogens is 2. The van der Waals surface area contributed by atoms with E-state index in [-0.39, 0.29) is 12.0 Å². The summed E-state index contributed by atoms with van der Waals surface area (Å²) in [7, 11) is 1.54. The van der Waals surface area contributed by atoms with Crippen LogP contribution in [0.1, 0.15) is 12.0 Å². The first-order valence-corrected chi connectivity index (χ1v) is 8.00. The van der Waals surface area contributed by atoms with E-state index in [9.17, 15) is 4.79 Å². The quantitative estimate of drug-likeness (QED) is 0.840. The molecule has 7 heteroatoms. The summed E-state index contributed by atoms with van der Waals surface area (Å²) in [4.78, 5) is 22.3. The average molecular weight is 319 g/mol. The van der Waals surface area contributed by atoms with Gasteiger partial charge >= 0.3 is 0 Å². The fourth-order valence-corrected chi connectivity index (χ4v) is 3.06. The molecule has 0 spiro atoms. The topological polar surface area (TPSA) is 64.6 Å². The van der Waals surface area contributed by atoms with E-state index in [1.54, 1.807) is 17.5 Å². The van der Waals surface area contributed by atoms with Gasteiger partial charge in [-0.25, -0.2) is 0 Å². The van der Waals surface area contributed by atoms with Crippen LogP contribution in [0.2, 0.25) is 0 Å². The molecule has 1 saturated heterocycles. The molecule has 0 aromatic carbocycles. The molecule has 1 unspecified atom stereocenters. The maximum atomic E-state index is 12.2. The number of amides is 1. The van der Waals surface area contributed by atoms with Gasteiger partial charge in [0.15, 0.2) is 0 Å². The zero-order valence-electron chi connectivity index (χ0n) is 12.3. The van der Waals surface area contributed by atoms with Crippen LogP contribution in [0.5, 0.6) is 11.8 Å². The van der Waals surface area contributed by atoms with Crippen LogP contribution in [0, 0.1) is 0 Å². The van der Waals surface area contributed by atoms with E-state index >= 15 is 0 Å². The Balaban J connectivity index is 1.54. The lowest BCUT2D eigenvalue weighted by Gasteiger charge is -2.16. The highest BCUT2D eigenvalue weighted by Crippen LogP contribution is 2.19. The zero-order chi connectivity index (χ0) is 15.4. The van der Waals surface area contributed by atoms with Crippen molar-refractivity contribution in [2.45, 2.75) is 18.9 Å². The van der Waals surface area contributed by atoms with E-state index in [1.807, 2.05) is 21.7 Å². The first kappa shape index (κ1) is 14.8. The Bertz CT molecular complexity index is 633. The van der Waals surface area contributed by atoms with Gasteiger partial charge in [-0.3, -0.25) is 9.78 Å². The van der Waals surface area contributed by atoms with Crippen molar-refractivity contribution in [2.75, 3.05) is 20.2 Å². The highest BCUT2D eigenvalue weighted by molar-refractivity contribution is 7.07. The largest absolute Gasteiger partial charge is 0.480 e. The summed E-state index contributed by atoms with van der Waals surface area (Å²) in [6.45, 7) is 1.30. The monoisotopic (exact) mass is 319 g/mol. The Kier molecular flexibility index (Phi) is 4.53. The Morgan fingerprint density at radius 2 is 2.32 bits per heavy atom. The first-order chi connectivity index (χ1) is 10.7. The Hall–Kier alpha value is -2.15. The number of hydrogen-bond donors (Lipinski definition) is 0. The van der Waals surface area contributed by atoms with Crippen molar-refractivity contribution in [2.24, 2.45) is 0 Å². The summed E-state index contributed by atoms with van der Waals surface area (Å²) in [6, 6.07) is 1.98. The molecule has 6 nitrogen and oxygen atoms in total. The third kappa shape index (κ3) is 3.54. The fraction of sp³-hybridized carbons (Fsp3) is 0.400. The van der Waals surface area contributed by atoms with E-state index < -0.39 is 0 Å². The molecule has 1 aliphatic heterocycles. The maximum absolute atomic E-state index is 12.2. The van der Waals surface area contributed by atoms with Crippen LogP contribution in [0.25, 0.3) is 0 Å². The minimum absolute atomic E-state index is 0.0483. The van der Waals surface area contributed by atoms with E-state index in [2.05, 4.69) is 9.97 Å². The molecule has 3 heterocycles. The van der Waals surface area contributed by atoms with Gasteiger partial charge < -0.3 is 14.4 Å². The van der Waals surface area contributed by atoms with Crippen LogP contribution >= 0.6 is 11.3 Å². The number of hydrogen-bond acceptors (Lipinski definition) is 6. The number of likely N-dealkylation sites (tertiary alicyclic amines) is 1. The molecule has 0 saturated carbocycles. The molecule has 0 radical (unpaired) electrons. The van der Waals surface area contributed by atoms with Gasteiger partial charge in [-0.1, -0.05) is 0 Å². The van der Waals surface area contributed by atoms with Gasteiger partial charge in [0.2, 0.25) is 17.7 Å². The molecular formula is C15H17N3O3S. The van der Waals surface area contributed by atoms with Crippen molar-refractivity contribution >= 4 is 17.2 Å². The lowest BCUT2D eigenvalue weighted by molar-refractivity contribution is -0.129. The molecule has 1 fully saturated rings. The molecule has 1 atom stereocenters. The van der Waals surface area contributed by atoms with E-state index in [1.165, 1.54) is 13.3 Å². The number of thiophene rings is 1. The molecule has 0 N–H and O–H groups in total. The summed E-state index contributed by atoms with van der Waals surface area (Å²) in [6.07, 6.45) is 4.29. The summed E-state index contributed by atoms with van der Waals surface area (Å²) < 4.78 is 10.8. The van der Waals surface area contributed by atoms with Crippen LogP contribution < -0.4 is 9.47 Å². The molecule has 2 aromatic rings. The number of carbonyl (C=O) groups is 1. The maximum Gasteiger partial charge on any atom is 0.235 e.